The third-order valence-electron chi connectivity index (χ3n) is 3.40. The van der Waals surface area contributed by atoms with Gasteiger partial charge in [0, 0.05) is 31.6 Å². The molecule has 0 bridgehead atoms. The Morgan fingerprint density at radius 3 is 2.86 bits per heavy atom. The number of benzene rings is 1. The SMILES string of the molecule is CN1C=CC(n2cc(C(=O)O)c(-c3cccc(F)c3)n2)=CC1. The lowest BCUT2D eigenvalue weighted by Gasteiger charge is -2.16. The van der Waals surface area contributed by atoms with Crippen molar-refractivity contribution in [1.29, 1.82) is 0 Å². The highest BCUT2D eigenvalue weighted by Crippen LogP contribution is 2.25. The minimum atomic E-state index is -1.09. The first-order valence-corrected chi connectivity index (χ1v) is 6.72. The maximum atomic E-state index is 13.4. The zero-order valence-corrected chi connectivity index (χ0v) is 11.9. The number of hydrogen-bond acceptors (Lipinski definition) is 3. The number of carbonyl (C=O) groups is 1. The monoisotopic (exact) mass is 299 g/mol. The summed E-state index contributed by atoms with van der Waals surface area (Å²) < 4.78 is 14.9. The zero-order chi connectivity index (χ0) is 15.7. The Labute approximate surface area is 126 Å². The minimum Gasteiger partial charge on any atom is -0.478 e. The molecule has 112 valence electrons. The van der Waals surface area contributed by atoms with Crippen LogP contribution in [0.2, 0.25) is 0 Å². The fraction of sp³-hybridized carbons (Fsp3) is 0.125. The van der Waals surface area contributed by atoms with Gasteiger partial charge in [-0.05, 0) is 24.3 Å². The molecule has 0 spiro atoms. The molecule has 3 rings (SSSR count). The molecule has 5 nitrogen and oxygen atoms in total. The van der Waals surface area contributed by atoms with Crippen molar-refractivity contribution >= 4 is 11.7 Å². The summed E-state index contributed by atoms with van der Waals surface area (Å²) in [4.78, 5) is 13.4. The number of hydrogen-bond donors (Lipinski definition) is 1. The van der Waals surface area contributed by atoms with Crippen LogP contribution in [0.4, 0.5) is 4.39 Å². The summed E-state index contributed by atoms with van der Waals surface area (Å²) in [6, 6.07) is 5.76. The predicted molar refractivity (Wildman–Crippen MR) is 80.6 cm³/mol. The topological polar surface area (TPSA) is 58.4 Å². The van der Waals surface area contributed by atoms with Crippen LogP contribution in [-0.4, -0.2) is 39.3 Å². The summed E-state index contributed by atoms with van der Waals surface area (Å²) in [6.45, 7) is 0.712. The molecule has 1 aliphatic rings. The summed E-state index contributed by atoms with van der Waals surface area (Å²) in [5.41, 5.74) is 1.51. The maximum Gasteiger partial charge on any atom is 0.339 e. The van der Waals surface area contributed by atoms with Crippen LogP contribution in [0.15, 0.2) is 48.8 Å². The van der Waals surface area contributed by atoms with E-state index < -0.39 is 11.8 Å². The first kappa shape index (κ1) is 14.1. The Morgan fingerprint density at radius 1 is 1.41 bits per heavy atom. The first-order chi connectivity index (χ1) is 10.5. The van der Waals surface area contributed by atoms with Crippen molar-refractivity contribution in [2.75, 3.05) is 13.6 Å². The number of likely N-dealkylation sites (N-methyl/N-ethyl adjacent to an activating group) is 1. The normalized spacial score (nSPS) is 14.1. The fourth-order valence-electron chi connectivity index (χ4n) is 2.25. The van der Waals surface area contributed by atoms with E-state index in [0.717, 1.165) is 5.70 Å². The van der Waals surface area contributed by atoms with Gasteiger partial charge in [0.05, 0.1) is 5.70 Å². The van der Waals surface area contributed by atoms with Crippen LogP contribution in [0.1, 0.15) is 10.4 Å². The molecule has 0 saturated carbocycles. The van der Waals surface area contributed by atoms with E-state index in [-0.39, 0.29) is 11.3 Å². The Balaban J connectivity index is 2.07. The van der Waals surface area contributed by atoms with Gasteiger partial charge in [0.25, 0.3) is 0 Å². The van der Waals surface area contributed by atoms with E-state index >= 15 is 0 Å². The molecule has 0 atom stereocenters. The summed E-state index contributed by atoms with van der Waals surface area (Å²) in [5.74, 6) is -1.52. The molecule has 22 heavy (non-hydrogen) atoms. The average molecular weight is 299 g/mol. The Morgan fingerprint density at radius 2 is 2.23 bits per heavy atom. The second-order valence-electron chi connectivity index (χ2n) is 5.04. The number of aromatic nitrogens is 2. The first-order valence-electron chi connectivity index (χ1n) is 6.72. The molecule has 2 heterocycles. The minimum absolute atomic E-state index is 0.0406. The van der Waals surface area contributed by atoms with Crippen LogP contribution in [0.5, 0.6) is 0 Å². The smallest absolute Gasteiger partial charge is 0.339 e. The van der Waals surface area contributed by atoms with Crippen molar-refractivity contribution in [2.45, 2.75) is 0 Å². The second kappa shape index (κ2) is 5.48. The molecule has 6 heteroatoms. The van der Waals surface area contributed by atoms with E-state index in [1.165, 1.54) is 29.1 Å². The molecule has 0 radical (unpaired) electrons. The highest BCUT2D eigenvalue weighted by Gasteiger charge is 2.18. The summed E-state index contributed by atoms with van der Waals surface area (Å²) in [7, 11) is 1.94. The van der Waals surface area contributed by atoms with Gasteiger partial charge in [0.2, 0.25) is 0 Å². The maximum absolute atomic E-state index is 13.4. The number of carboxylic acids is 1. The highest BCUT2D eigenvalue weighted by molar-refractivity contribution is 5.95. The van der Waals surface area contributed by atoms with E-state index in [0.29, 0.717) is 12.1 Å². The molecule has 1 aromatic heterocycles. The third-order valence-corrected chi connectivity index (χ3v) is 3.40. The number of nitrogens with zero attached hydrogens (tertiary/aromatic N) is 3. The summed E-state index contributed by atoms with van der Waals surface area (Å²) in [5, 5.41) is 13.7. The van der Waals surface area contributed by atoms with Crippen molar-refractivity contribution in [3.63, 3.8) is 0 Å². The van der Waals surface area contributed by atoms with Crippen molar-refractivity contribution < 1.29 is 14.3 Å². The third kappa shape index (κ3) is 2.63. The van der Waals surface area contributed by atoms with Crippen molar-refractivity contribution in [3.8, 4) is 11.3 Å². The molecule has 0 saturated heterocycles. The van der Waals surface area contributed by atoms with Gasteiger partial charge in [0.1, 0.15) is 17.1 Å². The molecular formula is C16H14FN3O2. The Hall–Kier alpha value is -2.89. The lowest BCUT2D eigenvalue weighted by Crippen LogP contribution is -2.15. The van der Waals surface area contributed by atoms with Gasteiger partial charge in [-0.3, -0.25) is 0 Å². The molecule has 1 N–H and O–H groups in total. The average Bonchev–Trinajstić information content (AvgIpc) is 2.93. The summed E-state index contributed by atoms with van der Waals surface area (Å²) >= 11 is 0. The molecule has 1 aliphatic heterocycles. The predicted octanol–water partition coefficient (Wildman–Crippen LogP) is 2.69. The van der Waals surface area contributed by atoms with Crippen LogP contribution in [0.25, 0.3) is 17.0 Å². The highest BCUT2D eigenvalue weighted by atomic mass is 19.1. The van der Waals surface area contributed by atoms with E-state index in [9.17, 15) is 14.3 Å². The van der Waals surface area contributed by atoms with E-state index in [1.54, 1.807) is 6.07 Å². The van der Waals surface area contributed by atoms with Crippen molar-refractivity contribution in [2.24, 2.45) is 0 Å². The van der Waals surface area contributed by atoms with Crippen LogP contribution >= 0.6 is 0 Å². The van der Waals surface area contributed by atoms with E-state index in [4.69, 9.17) is 0 Å². The van der Waals surface area contributed by atoms with Gasteiger partial charge in [-0.1, -0.05) is 12.1 Å². The molecule has 0 amide bonds. The molecule has 1 aromatic carbocycles. The van der Waals surface area contributed by atoms with Crippen LogP contribution in [0.3, 0.4) is 0 Å². The van der Waals surface area contributed by atoms with Crippen LogP contribution < -0.4 is 0 Å². The van der Waals surface area contributed by atoms with E-state index in [2.05, 4.69) is 5.10 Å². The van der Waals surface area contributed by atoms with Gasteiger partial charge >= 0.3 is 5.97 Å². The number of allylic oxidation sites excluding steroid dienone is 2. The van der Waals surface area contributed by atoms with Gasteiger partial charge in [-0.25, -0.2) is 13.9 Å². The van der Waals surface area contributed by atoms with Gasteiger partial charge in [0.15, 0.2) is 0 Å². The van der Waals surface area contributed by atoms with Crippen molar-refractivity contribution in [1.82, 2.24) is 14.7 Å². The molecule has 0 fully saturated rings. The molecule has 0 unspecified atom stereocenters. The largest absolute Gasteiger partial charge is 0.478 e. The number of rotatable bonds is 3. The van der Waals surface area contributed by atoms with Crippen molar-refractivity contribution in [3.05, 3.63) is 60.2 Å². The number of halogens is 1. The van der Waals surface area contributed by atoms with Gasteiger partial charge in [-0.15, -0.1) is 0 Å². The number of aromatic carboxylic acids is 1. The molecule has 0 aliphatic carbocycles. The van der Waals surface area contributed by atoms with E-state index in [1.807, 2.05) is 30.3 Å². The Bertz CT molecular complexity index is 792. The van der Waals surface area contributed by atoms with Crippen LogP contribution in [0, 0.1) is 5.82 Å². The fourth-order valence-corrected chi connectivity index (χ4v) is 2.25. The van der Waals surface area contributed by atoms with Gasteiger partial charge in [-0.2, -0.15) is 5.10 Å². The lowest BCUT2D eigenvalue weighted by molar-refractivity contribution is 0.0697. The quantitative estimate of drug-likeness (QED) is 0.946. The molecule has 2 aromatic rings. The number of carboxylic acid groups (broad SMARTS) is 1. The summed E-state index contributed by atoms with van der Waals surface area (Å²) in [6.07, 6.45) is 7.12. The lowest BCUT2D eigenvalue weighted by atomic mass is 10.1. The Kier molecular flexibility index (Phi) is 3.50. The zero-order valence-electron chi connectivity index (χ0n) is 11.9. The van der Waals surface area contributed by atoms with Crippen LogP contribution in [-0.2, 0) is 0 Å². The second-order valence-corrected chi connectivity index (χ2v) is 5.04. The van der Waals surface area contributed by atoms with Gasteiger partial charge < -0.3 is 10.0 Å². The standard InChI is InChI=1S/C16H14FN3O2/c1-19-7-5-13(6-8-19)20-10-14(16(21)22)15(18-20)11-3-2-4-12(17)9-11/h2-7,9-10H,8H2,1H3,(H,21,22). The molecular weight excluding hydrogens is 285 g/mol.